The highest BCUT2D eigenvalue weighted by atomic mass is 32.1. The van der Waals surface area contributed by atoms with Crippen molar-refractivity contribution in [2.45, 2.75) is 6.61 Å². The number of aliphatic hydroxyl groups excluding tert-OH is 1. The van der Waals surface area contributed by atoms with Crippen molar-refractivity contribution in [2.75, 3.05) is 5.32 Å². The number of nitrogens with one attached hydrogen (secondary N) is 1. The van der Waals surface area contributed by atoms with Gasteiger partial charge >= 0.3 is 0 Å². The van der Waals surface area contributed by atoms with Crippen molar-refractivity contribution in [2.24, 2.45) is 0 Å². The Morgan fingerprint density at radius 1 is 1.08 bits per heavy atom. The van der Waals surface area contributed by atoms with Crippen molar-refractivity contribution >= 4 is 54.6 Å². The van der Waals surface area contributed by atoms with Crippen LogP contribution in [-0.2, 0) is 6.61 Å². The van der Waals surface area contributed by atoms with E-state index in [9.17, 15) is 5.11 Å². The predicted octanol–water partition coefficient (Wildman–Crippen LogP) is 4.80. The van der Waals surface area contributed by atoms with Gasteiger partial charge in [0, 0.05) is 5.69 Å². The van der Waals surface area contributed by atoms with Gasteiger partial charge in [-0.1, -0.05) is 0 Å². The maximum atomic E-state index is 9.18. The van der Waals surface area contributed by atoms with E-state index in [2.05, 4.69) is 20.3 Å². The molecule has 0 bridgehead atoms. The molecule has 4 heterocycles. The molecule has 6 nitrogen and oxygen atoms in total. The molecule has 5 rings (SSSR count). The summed E-state index contributed by atoms with van der Waals surface area (Å²) in [5.74, 6) is 1.99. The van der Waals surface area contributed by atoms with E-state index in [4.69, 9.17) is 4.42 Å². The number of anilines is 2. The summed E-state index contributed by atoms with van der Waals surface area (Å²) in [5.41, 5.74) is 3.73. The van der Waals surface area contributed by atoms with Crippen molar-refractivity contribution < 1.29 is 9.52 Å². The molecule has 0 fully saturated rings. The average molecular weight is 380 g/mol. The Hall–Kier alpha value is -2.81. The van der Waals surface area contributed by atoms with Crippen LogP contribution in [0.2, 0.25) is 0 Å². The van der Waals surface area contributed by atoms with Crippen molar-refractivity contribution in [3.63, 3.8) is 0 Å². The van der Waals surface area contributed by atoms with Gasteiger partial charge in [-0.15, -0.1) is 22.7 Å². The summed E-state index contributed by atoms with van der Waals surface area (Å²) in [6.07, 6.45) is 1.55. The van der Waals surface area contributed by atoms with E-state index < -0.39 is 0 Å². The number of aromatic nitrogens is 3. The van der Waals surface area contributed by atoms with Crippen LogP contribution in [0.5, 0.6) is 0 Å². The normalized spacial score (nSPS) is 11.4. The Morgan fingerprint density at radius 3 is 2.92 bits per heavy atom. The van der Waals surface area contributed by atoms with Gasteiger partial charge in [-0.25, -0.2) is 15.0 Å². The molecule has 4 aromatic heterocycles. The number of aliphatic hydroxyl groups is 1. The lowest BCUT2D eigenvalue weighted by atomic mass is 10.2. The minimum Gasteiger partial charge on any atom is -0.458 e. The number of fused-ring (bicyclic) bond motifs is 2. The van der Waals surface area contributed by atoms with E-state index in [0.29, 0.717) is 11.5 Å². The highest BCUT2D eigenvalue weighted by Crippen LogP contribution is 2.36. The number of nitrogens with zero attached hydrogens (tertiary/aromatic N) is 3. The molecule has 2 N–H and O–H groups in total. The van der Waals surface area contributed by atoms with Crippen LogP contribution < -0.4 is 5.32 Å². The molecular formula is C18H12N4O2S2. The molecule has 5 aromatic rings. The molecule has 0 radical (unpaired) electrons. The SMILES string of the molecule is OCc1ccc(-c2cc3c(Nc4ccc5scnc5c4)ncnc3s2)o1. The molecule has 8 heteroatoms. The van der Waals surface area contributed by atoms with E-state index in [-0.39, 0.29) is 6.61 Å². The van der Waals surface area contributed by atoms with Gasteiger partial charge < -0.3 is 14.8 Å². The summed E-state index contributed by atoms with van der Waals surface area (Å²) < 4.78 is 6.78. The lowest BCUT2D eigenvalue weighted by Gasteiger charge is -2.06. The Labute approximate surface area is 155 Å². The average Bonchev–Trinajstić information content (AvgIpc) is 3.39. The largest absolute Gasteiger partial charge is 0.458 e. The first kappa shape index (κ1) is 15.4. The van der Waals surface area contributed by atoms with Crippen molar-refractivity contribution in [1.82, 2.24) is 15.0 Å². The maximum Gasteiger partial charge on any atom is 0.144 e. The third-order valence-electron chi connectivity index (χ3n) is 3.98. The molecule has 0 aliphatic rings. The van der Waals surface area contributed by atoms with E-state index in [0.717, 1.165) is 36.8 Å². The van der Waals surface area contributed by atoms with Crippen molar-refractivity contribution in [3.05, 3.63) is 54.0 Å². The summed E-state index contributed by atoms with van der Waals surface area (Å²) in [4.78, 5) is 14.9. The Kier molecular flexibility index (Phi) is 3.66. The fraction of sp³-hybridized carbons (Fsp3) is 0.0556. The van der Waals surface area contributed by atoms with Gasteiger partial charge in [0.25, 0.3) is 0 Å². The van der Waals surface area contributed by atoms with E-state index in [1.807, 2.05) is 35.8 Å². The zero-order valence-electron chi connectivity index (χ0n) is 13.3. The number of thiazole rings is 1. The lowest BCUT2D eigenvalue weighted by Crippen LogP contribution is -1.94. The molecule has 0 saturated heterocycles. The summed E-state index contributed by atoms with van der Waals surface area (Å²) in [7, 11) is 0. The van der Waals surface area contributed by atoms with E-state index in [1.165, 1.54) is 11.3 Å². The number of rotatable bonds is 4. The minimum absolute atomic E-state index is 0.114. The third-order valence-corrected chi connectivity index (χ3v) is 5.85. The first-order valence-corrected chi connectivity index (χ1v) is 9.54. The topological polar surface area (TPSA) is 84.1 Å². The van der Waals surface area contributed by atoms with Gasteiger partial charge in [0.1, 0.15) is 35.1 Å². The first-order valence-electron chi connectivity index (χ1n) is 7.85. The minimum atomic E-state index is -0.114. The van der Waals surface area contributed by atoms with Gasteiger partial charge in [-0.2, -0.15) is 0 Å². The second-order valence-corrected chi connectivity index (χ2v) is 7.55. The van der Waals surface area contributed by atoms with Crippen LogP contribution in [0.1, 0.15) is 5.76 Å². The zero-order chi connectivity index (χ0) is 17.5. The van der Waals surface area contributed by atoms with Gasteiger partial charge in [0.2, 0.25) is 0 Å². The van der Waals surface area contributed by atoms with Crippen LogP contribution >= 0.6 is 22.7 Å². The Morgan fingerprint density at radius 2 is 2.04 bits per heavy atom. The summed E-state index contributed by atoms with van der Waals surface area (Å²) in [5, 5.41) is 13.5. The highest BCUT2D eigenvalue weighted by Gasteiger charge is 2.13. The van der Waals surface area contributed by atoms with Gasteiger partial charge in [-0.3, -0.25) is 0 Å². The van der Waals surface area contributed by atoms with Crippen LogP contribution in [0.3, 0.4) is 0 Å². The fourth-order valence-corrected chi connectivity index (χ4v) is 4.36. The molecule has 26 heavy (non-hydrogen) atoms. The standard InChI is InChI=1S/C18H12N4O2S2/c23-7-11-2-3-14(24-11)16-6-12-17(19-8-20-18(12)26-16)22-10-1-4-15-13(5-10)21-9-25-15/h1-6,8-9,23H,7H2,(H,19,20,22). The fourth-order valence-electron chi connectivity index (χ4n) is 2.74. The summed E-state index contributed by atoms with van der Waals surface area (Å²) in [6, 6.07) is 11.7. The van der Waals surface area contributed by atoms with E-state index in [1.54, 1.807) is 23.7 Å². The van der Waals surface area contributed by atoms with Crippen molar-refractivity contribution in [1.29, 1.82) is 0 Å². The number of benzene rings is 1. The molecule has 0 saturated carbocycles. The number of hydrogen-bond donors (Lipinski definition) is 2. The molecule has 0 spiro atoms. The first-order chi connectivity index (χ1) is 12.8. The second kappa shape index (κ2) is 6.17. The molecule has 0 atom stereocenters. The number of thiophene rings is 1. The Bertz CT molecular complexity index is 1220. The Balaban J connectivity index is 1.54. The molecule has 0 aliphatic heterocycles. The van der Waals surface area contributed by atoms with Crippen LogP contribution in [0.4, 0.5) is 11.5 Å². The third kappa shape index (κ3) is 2.64. The molecule has 0 unspecified atom stereocenters. The quantitative estimate of drug-likeness (QED) is 0.466. The number of hydrogen-bond acceptors (Lipinski definition) is 8. The molecule has 128 valence electrons. The molecule has 1 aromatic carbocycles. The molecule has 0 amide bonds. The lowest BCUT2D eigenvalue weighted by molar-refractivity contribution is 0.249. The van der Waals surface area contributed by atoms with Crippen LogP contribution in [0.15, 0.2) is 52.7 Å². The second-order valence-electron chi connectivity index (χ2n) is 5.64. The van der Waals surface area contributed by atoms with Gasteiger partial charge in [-0.05, 0) is 36.4 Å². The van der Waals surface area contributed by atoms with Crippen LogP contribution in [0, 0.1) is 0 Å². The zero-order valence-corrected chi connectivity index (χ0v) is 15.0. The van der Waals surface area contributed by atoms with Gasteiger partial charge in [0.15, 0.2) is 0 Å². The van der Waals surface area contributed by atoms with E-state index >= 15 is 0 Å². The number of furan rings is 1. The highest BCUT2D eigenvalue weighted by molar-refractivity contribution is 7.21. The maximum absolute atomic E-state index is 9.18. The predicted molar refractivity (Wildman–Crippen MR) is 104 cm³/mol. The van der Waals surface area contributed by atoms with Crippen molar-refractivity contribution in [3.8, 4) is 10.6 Å². The van der Waals surface area contributed by atoms with Crippen LogP contribution in [0.25, 0.3) is 31.1 Å². The molecular weight excluding hydrogens is 368 g/mol. The monoisotopic (exact) mass is 380 g/mol. The molecule has 0 aliphatic carbocycles. The smallest absolute Gasteiger partial charge is 0.144 e. The summed E-state index contributed by atoms with van der Waals surface area (Å²) in [6.45, 7) is -0.114. The van der Waals surface area contributed by atoms with Gasteiger partial charge in [0.05, 0.1) is 26.0 Å². The van der Waals surface area contributed by atoms with Crippen LogP contribution in [-0.4, -0.2) is 20.1 Å². The summed E-state index contributed by atoms with van der Waals surface area (Å²) >= 11 is 3.14.